The van der Waals surface area contributed by atoms with Crippen LogP contribution in [0.5, 0.6) is 0 Å². The number of hydrogen-bond donors (Lipinski definition) is 1. The van der Waals surface area contributed by atoms with Crippen LogP contribution in [-0.4, -0.2) is 28.1 Å². The maximum absolute atomic E-state index is 12.4. The molecule has 6 nitrogen and oxygen atoms in total. The molecule has 2 aromatic rings. The molecule has 1 saturated heterocycles. The number of para-hydroxylation sites is 1. The minimum absolute atomic E-state index is 0.0349. The Morgan fingerprint density at radius 3 is 2.79 bits per heavy atom. The standard InChI is InChI=1S/C18H22N4O2/c1-13(2)10-21-12-16(9-19-21)22-11-14(8-17(22)23)18(24)20-15-6-4-3-5-7-15/h3-7,9,12-14H,8,10-11H2,1-2H3,(H,20,24)/t14-/m1/s1. The van der Waals surface area contributed by atoms with Crippen molar-refractivity contribution in [2.45, 2.75) is 26.8 Å². The van der Waals surface area contributed by atoms with Crippen molar-refractivity contribution in [2.75, 3.05) is 16.8 Å². The van der Waals surface area contributed by atoms with Crippen LogP contribution in [0.4, 0.5) is 11.4 Å². The van der Waals surface area contributed by atoms with Gasteiger partial charge in [0.1, 0.15) is 0 Å². The van der Waals surface area contributed by atoms with Gasteiger partial charge >= 0.3 is 0 Å². The van der Waals surface area contributed by atoms with Crippen LogP contribution in [0.1, 0.15) is 20.3 Å². The highest BCUT2D eigenvalue weighted by molar-refractivity contribution is 6.03. The summed E-state index contributed by atoms with van der Waals surface area (Å²) < 4.78 is 1.84. The first-order valence-corrected chi connectivity index (χ1v) is 8.21. The summed E-state index contributed by atoms with van der Waals surface area (Å²) in [6, 6.07) is 9.30. The van der Waals surface area contributed by atoms with Gasteiger partial charge in [-0.2, -0.15) is 5.10 Å². The quantitative estimate of drug-likeness (QED) is 0.918. The average Bonchev–Trinajstić information content (AvgIpc) is 3.14. The van der Waals surface area contributed by atoms with Gasteiger partial charge in [0, 0.05) is 31.4 Å². The molecular weight excluding hydrogens is 304 g/mol. The third-order valence-corrected chi connectivity index (χ3v) is 4.02. The van der Waals surface area contributed by atoms with Gasteiger partial charge in [0.15, 0.2) is 0 Å². The van der Waals surface area contributed by atoms with Crippen molar-refractivity contribution < 1.29 is 9.59 Å². The van der Waals surface area contributed by atoms with E-state index in [4.69, 9.17) is 0 Å². The summed E-state index contributed by atoms with van der Waals surface area (Å²) in [5.74, 6) is -0.0125. The van der Waals surface area contributed by atoms with E-state index < -0.39 is 0 Å². The number of hydrogen-bond acceptors (Lipinski definition) is 3. The predicted octanol–water partition coefficient (Wildman–Crippen LogP) is 2.53. The van der Waals surface area contributed by atoms with E-state index in [2.05, 4.69) is 24.3 Å². The zero-order chi connectivity index (χ0) is 17.1. The monoisotopic (exact) mass is 326 g/mol. The number of nitrogens with zero attached hydrogens (tertiary/aromatic N) is 3. The second-order valence-electron chi connectivity index (χ2n) is 6.58. The number of anilines is 2. The van der Waals surface area contributed by atoms with Crippen LogP contribution in [0.25, 0.3) is 0 Å². The Bertz CT molecular complexity index is 724. The Labute approximate surface area is 141 Å². The highest BCUT2D eigenvalue weighted by atomic mass is 16.2. The van der Waals surface area contributed by atoms with E-state index in [1.54, 1.807) is 11.1 Å². The van der Waals surface area contributed by atoms with Gasteiger partial charge < -0.3 is 10.2 Å². The SMILES string of the molecule is CC(C)Cn1cc(N2C[C@H](C(=O)Nc3ccccc3)CC2=O)cn1. The summed E-state index contributed by atoms with van der Waals surface area (Å²) >= 11 is 0. The van der Waals surface area contributed by atoms with Crippen molar-refractivity contribution in [3.05, 3.63) is 42.7 Å². The number of benzene rings is 1. The molecule has 6 heteroatoms. The van der Waals surface area contributed by atoms with E-state index in [-0.39, 0.29) is 24.2 Å². The molecule has 0 unspecified atom stereocenters. The summed E-state index contributed by atoms with van der Waals surface area (Å²) in [6.45, 7) is 5.43. The van der Waals surface area contributed by atoms with Crippen LogP contribution in [0.2, 0.25) is 0 Å². The molecule has 1 N–H and O–H groups in total. The average molecular weight is 326 g/mol. The van der Waals surface area contributed by atoms with Crippen LogP contribution in [0, 0.1) is 11.8 Å². The predicted molar refractivity (Wildman–Crippen MR) is 92.6 cm³/mol. The first kappa shape index (κ1) is 16.2. The van der Waals surface area contributed by atoms with Crippen LogP contribution in [-0.2, 0) is 16.1 Å². The number of amides is 2. The van der Waals surface area contributed by atoms with Crippen molar-refractivity contribution >= 4 is 23.2 Å². The number of aromatic nitrogens is 2. The molecule has 1 aromatic carbocycles. The molecule has 24 heavy (non-hydrogen) atoms. The van der Waals surface area contributed by atoms with E-state index in [1.807, 2.05) is 41.2 Å². The number of nitrogens with one attached hydrogen (secondary N) is 1. The van der Waals surface area contributed by atoms with Gasteiger partial charge in [-0.25, -0.2) is 0 Å². The molecule has 0 bridgehead atoms. The maximum Gasteiger partial charge on any atom is 0.229 e. The molecule has 126 valence electrons. The second kappa shape index (κ2) is 6.86. The van der Waals surface area contributed by atoms with E-state index >= 15 is 0 Å². The summed E-state index contributed by atoms with van der Waals surface area (Å²) in [7, 11) is 0. The van der Waals surface area contributed by atoms with Crippen molar-refractivity contribution in [3.8, 4) is 0 Å². The van der Waals surface area contributed by atoms with Crippen molar-refractivity contribution in [2.24, 2.45) is 11.8 Å². The molecule has 0 spiro atoms. The molecule has 0 radical (unpaired) electrons. The fourth-order valence-electron chi connectivity index (χ4n) is 2.86. The third kappa shape index (κ3) is 3.64. The van der Waals surface area contributed by atoms with Crippen molar-refractivity contribution in [1.29, 1.82) is 0 Å². The first-order chi connectivity index (χ1) is 11.5. The Morgan fingerprint density at radius 1 is 1.33 bits per heavy atom. The molecule has 1 fully saturated rings. The fourth-order valence-corrected chi connectivity index (χ4v) is 2.86. The lowest BCUT2D eigenvalue weighted by atomic mass is 10.1. The molecule has 1 aromatic heterocycles. The lowest BCUT2D eigenvalue weighted by Crippen LogP contribution is -2.27. The normalized spacial score (nSPS) is 17.5. The highest BCUT2D eigenvalue weighted by Gasteiger charge is 2.35. The van der Waals surface area contributed by atoms with Gasteiger partial charge in [-0.15, -0.1) is 0 Å². The van der Waals surface area contributed by atoms with Gasteiger partial charge in [-0.05, 0) is 18.1 Å². The maximum atomic E-state index is 12.4. The van der Waals surface area contributed by atoms with E-state index in [0.717, 1.165) is 17.9 Å². The molecule has 1 aliphatic heterocycles. The van der Waals surface area contributed by atoms with Crippen LogP contribution >= 0.6 is 0 Å². The molecular formula is C18H22N4O2. The van der Waals surface area contributed by atoms with E-state index in [1.165, 1.54) is 0 Å². The van der Waals surface area contributed by atoms with Crippen molar-refractivity contribution in [1.82, 2.24) is 9.78 Å². The van der Waals surface area contributed by atoms with Crippen molar-refractivity contribution in [3.63, 3.8) is 0 Å². The Kier molecular flexibility index (Phi) is 4.64. The van der Waals surface area contributed by atoms with E-state index in [0.29, 0.717) is 12.5 Å². The summed E-state index contributed by atoms with van der Waals surface area (Å²) in [5.41, 5.74) is 1.51. The zero-order valence-corrected chi connectivity index (χ0v) is 14.0. The lowest BCUT2D eigenvalue weighted by Gasteiger charge is -2.14. The Hall–Kier alpha value is -2.63. The molecule has 0 saturated carbocycles. The highest BCUT2D eigenvalue weighted by Crippen LogP contribution is 2.25. The summed E-state index contributed by atoms with van der Waals surface area (Å²) in [4.78, 5) is 26.3. The molecule has 0 aliphatic carbocycles. The minimum Gasteiger partial charge on any atom is -0.326 e. The summed E-state index contributed by atoms with van der Waals surface area (Å²) in [6.07, 6.45) is 3.79. The third-order valence-electron chi connectivity index (χ3n) is 4.02. The zero-order valence-electron chi connectivity index (χ0n) is 14.0. The van der Waals surface area contributed by atoms with Gasteiger partial charge in [-0.3, -0.25) is 14.3 Å². The van der Waals surface area contributed by atoms with E-state index in [9.17, 15) is 9.59 Å². The van der Waals surface area contributed by atoms with Gasteiger partial charge in [-0.1, -0.05) is 32.0 Å². The smallest absolute Gasteiger partial charge is 0.229 e. The minimum atomic E-state index is -0.342. The number of carbonyl (C=O) groups is 2. The second-order valence-corrected chi connectivity index (χ2v) is 6.58. The van der Waals surface area contributed by atoms with Crippen LogP contribution < -0.4 is 10.2 Å². The molecule has 1 atom stereocenters. The number of carbonyl (C=O) groups excluding carboxylic acids is 2. The van der Waals surface area contributed by atoms with Gasteiger partial charge in [0.2, 0.25) is 11.8 Å². The Morgan fingerprint density at radius 2 is 2.08 bits per heavy atom. The number of rotatable bonds is 5. The van der Waals surface area contributed by atoms with Gasteiger partial charge in [0.05, 0.1) is 17.8 Å². The fraction of sp³-hybridized carbons (Fsp3) is 0.389. The van der Waals surface area contributed by atoms with Crippen LogP contribution in [0.15, 0.2) is 42.7 Å². The molecule has 2 amide bonds. The molecule has 2 heterocycles. The summed E-state index contributed by atoms with van der Waals surface area (Å²) in [5, 5.41) is 7.16. The topological polar surface area (TPSA) is 67.2 Å². The van der Waals surface area contributed by atoms with Gasteiger partial charge in [0.25, 0.3) is 0 Å². The Balaban J connectivity index is 1.65. The lowest BCUT2D eigenvalue weighted by molar-refractivity contribution is -0.122. The first-order valence-electron chi connectivity index (χ1n) is 8.21. The largest absolute Gasteiger partial charge is 0.326 e. The molecule has 3 rings (SSSR count). The molecule has 1 aliphatic rings. The van der Waals surface area contributed by atoms with Crippen LogP contribution in [0.3, 0.4) is 0 Å².